The van der Waals surface area contributed by atoms with Crippen LogP contribution in [0, 0.1) is 0 Å². The van der Waals surface area contributed by atoms with E-state index >= 15 is 0 Å². The van der Waals surface area contributed by atoms with Crippen molar-refractivity contribution in [3.63, 3.8) is 0 Å². The molecule has 0 radical (unpaired) electrons. The number of piperidine rings is 1. The summed E-state index contributed by atoms with van der Waals surface area (Å²) in [6, 6.07) is 0.240. The van der Waals surface area contributed by atoms with Gasteiger partial charge >= 0.3 is 6.03 Å². The summed E-state index contributed by atoms with van der Waals surface area (Å²) in [6.07, 6.45) is 3.62. The highest BCUT2D eigenvalue weighted by molar-refractivity contribution is 6.75. The predicted octanol–water partition coefficient (Wildman–Crippen LogP) is 2.36. The van der Waals surface area contributed by atoms with Gasteiger partial charge < -0.3 is 9.47 Å². The maximum atomic E-state index is 12.0. The summed E-state index contributed by atoms with van der Waals surface area (Å²) >= 11 is 0. The van der Waals surface area contributed by atoms with Gasteiger partial charge in [0, 0.05) is 20.1 Å². The van der Waals surface area contributed by atoms with E-state index in [9.17, 15) is 4.79 Å². The summed E-state index contributed by atoms with van der Waals surface area (Å²) in [5.41, 5.74) is 0. The Hall–Kier alpha value is -0.513. The van der Waals surface area contributed by atoms with Gasteiger partial charge in [0.2, 0.25) is 0 Å². The minimum absolute atomic E-state index is 0.240. The summed E-state index contributed by atoms with van der Waals surface area (Å²) in [4.78, 5) is 14.0. The Morgan fingerprint density at radius 2 is 1.64 bits per heavy atom. The van der Waals surface area contributed by atoms with E-state index in [2.05, 4.69) is 19.6 Å². The van der Waals surface area contributed by atoms with Gasteiger partial charge in [0.1, 0.15) is 0 Å². The average molecular weight is 214 g/mol. The zero-order valence-electron chi connectivity index (χ0n) is 9.84. The summed E-state index contributed by atoms with van der Waals surface area (Å²) in [7, 11) is 0.482. The molecule has 1 heterocycles. The largest absolute Gasteiger partial charge is 0.355 e. The first kappa shape index (κ1) is 11.6. The molecule has 1 aliphatic rings. The topological polar surface area (TPSA) is 23.6 Å². The summed E-state index contributed by atoms with van der Waals surface area (Å²) < 4.78 is 1.97. The molecule has 1 saturated heterocycles. The minimum Gasteiger partial charge on any atom is -0.355 e. The van der Waals surface area contributed by atoms with Crippen LogP contribution in [-0.2, 0) is 0 Å². The van der Waals surface area contributed by atoms with Crippen LogP contribution in [0.25, 0.3) is 0 Å². The van der Waals surface area contributed by atoms with Crippen LogP contribution in [0.15, 0.2) is 0 Å². The zero-order chi connectivity index (χ0) is 10.8. The first-order chi connectivity index (χ1) is 6.43. The van der Waals surface area contributed by atoms with Gasteiger partial charge in [-0.25, -0.2) is 4.79 Å². The molecule has 82 valence electrons. The predicted molar refractivity (Wildman–Crippen MR) is 61.9 cm³/mol. The van der Waals surface area contributed by atoms with Crippen LogP contribution in [-0.4, -0.2) is 43.9 Å². The second-order valence-corrected chi connectivity index (χ2v) is 10.1. The number of nitrogens with zero attached hydrogens (tertiary/aromatic N) is 2. The van der Waals surface area contributed by atoms with Crippen molar-refractivity contribution in [2.45, 2.75) is 38.9 Å². The first-order valence-corrected chi connectivity index (χ1v) is 8.90. The number of urea groups is 1. The maximum Gasteiger partial charge on any atom is 0.311 e. The lowest BCUT2D eigenvalue weighted by molar-refractivity contribution is 0.170. The standard InChI is InChI=1S/C10H22N2OSi/c1-11(14(2,3)4)10(13)12-8-6-5-7-9-12/h5-9H2,1-4H3. The van der Waals surface area contributed by atoms with Crippen LogP contribution >= 0.6 is 0 Å². The van der Waals surface area contributed by atoms with Gasteiger partial charge in [-0.3, -0.25) is 0 Å². The van der Waals surface area contributed by atoms with Gasteiger partial charge in [-0.05, 0) is 19.3 Å². The van der Waals surface area contributed by atoms with Crippen LogP contribution in [0.5, 0.6) is 0 Å². The summed E-state index contributed by atoms with van der Waals surface area (Å²) in [6.45, 7) is 8.51. The van der Waals surface area contributed by atoms with Crippen molar-refractivity contribution in [2.24, 2.45) is 0 Å². The molecule has 0 aliphatic carbocycles. The normalized spacial score (nSPS) is 18.1. The lowest BCUT2D eigenvalue weighted by atomic mass is 10.1. The molecule has 3 nitrogen and oxygen atoms in total. The monoisotopic (exact) mass is 214 g/mol. The molecular weight excluding hydrogens is 192 g/mol. The fraction of sp³-hybridized carbons (Fsp3) is 0.900. The van der Waals surface area contributed by atoms with E-state index < -0.39 is 8.24 Å². The second kappa shape index (κ2) is 4.34. The van der Waals surface area contributed by atoms with Crippen molar-refractivity contribution in [1.29, 1.82) is 0 Å². The summed E-state index contributed by atoms with van der Waals surface area (Å²) in [5.74, 6) is 0. The van der Waals surface area contributed by atoms with Crippen LogP contribution < -0.4 is 0 Å². The third-order valence-electron chi connectivity index (χ3n) is 2.92. The van der Waals surface area contributed by atoms with Crippen molar-refractivity contribution >= 4 is 14.3 Å². The number of hydrogen-bond donors (Lipinski definition) is 0. The molecule has 1 aliphatic heterocycles. The van der Waals surface area contributed by atoms with E-state index in [1.165, 1.54) is 19.3 Å². The summed E-state index contributed by atoms with van der Waals surface area (Å²) in [5, 5.41) is 0. The SMILES string of the molecule is CN(C(=O)N1CCCCC1)[Si](C)(C)C. The van der Waals surface area contributed by atoms with Gasteiger partial charge in [0.15, 0.2) is 8.24 Å². The molecule has 2 amide bonds. The molecule has 0 aromatic carbocycles. The quantitative estimate of drug-likeness (QED) is 0.615. The molecule has 14 heavy (non-hydrogen) atoms. The fourth-order valence-electron chi connectivity index (χ4n) is 1.58. The van der Waals surface area contributed by atoms with E-state index in [0.717, 1.165) is 13.1 Å². The van der Waals surface area contributed by atoms with Crippen molar-refractivity contribution in [2.75, 3.05) is 20.1 Å². The van der Waals surface area contributed by atoms with Gasteiger partial charge in [-0.15, -0.1) is 0 Å². The number of amides is 2. The molecule has 0 aromatic heterocycles. The Labute approximate surface area is 88.2 Å². The van der Waals surface area contributed by atoms with Crippen molar-refractivity contribution in [1.82, 2.24) is 9.47 Å². The van der Waals surface area contributed by atoms with E-state index in [0.29, 0.717) is 0 Å². The Morgan fingerprint density at radius 3 is 2.07 bits per heavy atom. The average Bonchev–Trinajstić information content (AvgIpc) is 2.15. The molecule has 0 aromatic rings. The molecule has 4 heteroatoms. The van der Waals surface area contributed by atoms with Crippen LogP contribution in [0.3, 0.4) is 0 Å². The van der Waals surface area contributed by atoms with E-state index in [1.54, 1.807) is 0 Å². The molecule has 0 unspecified atom stereocenters. The highest BCUT2D eigenvalue weighted by atomic mass is 28.3. The zero-order valence-corrected chi connectivity index (χ0v) is 10.8. The lowest BCUT2D eigenvalue weighted by Crippen LogP contribution is -2.53. The van der Waals surface area contributed by atoms with Gasteiger partial charge in [0.05, 0.1) is 0 Å². The van der Waals surface area contributed by atoms with Crippen molar-refractivity contribution in [3.8, 4) is 0 Å². The first-order valence-electron chi connectivity index (χ1n) is 5.45. The molecular formula is C10H22N2OSi. The van der Waals surface area contributed by atoms with Crippen LogP contribution in [0.4, 0.5) is 4.79 Å². The van der Waals surface area contributed by atoms with Gasteiger partial charge in [-0.2, -0.15) is 0 Å². The molecule has 0 bridgehead atoms. The molecule has 0 N–H and O–H groups in total. The Balaban J connectivity index is 2.55. The third-order valence-corrected chi connectivity index (χ3v) is 5.12. The third kappa shape index (κ3) is 2.74. The smallest absolute Gasteiger partial charge is 0.311 e. The lowest BCUT2D eigenvalue weighted by Gasteiger charge is -2.37. The number of likely N-dealkylation sites (tertiary alicyclic amines) is 1. The van der Waals surface area contributed by atoms with Crippen LogP contribution in [0.2, 0.25) is 19.6 Å². The Morgan fingerprint density at radius 1 is 1.14 bits per heavy atom. The van der Waals surface area contributed by atoms with Crippen molar-refractivity contribution < 1.29 is 4.79 Å². The second-order valence-electron chi connectivity index (χ2n) is 5.06. The van der Waals surface area contributed by atoms with E-state index in [4.69, 9.17) is 0 Å². The number of hydrogen-bond acceptors (Lipinski definition) is 1. The van der Waals surface area contributed by atoms with Crippen molar-refractivity contribution in [3.05, 3.63) is 0 Å². The molecule has 1 fully saturated rings. The highest BCUT2D eigenvalue weighted by Crippen LogP contribution is 2.14. The number of rotatable bonds is 1. The molecule has 0 spiro atoms. The van der Waals surface area contributed by atoms with Crippen LogP contribution in [0.1, 0.15) is 19.3 Å². The van der Waals surface area contributed by atoms with Gasteiger partial charge in [0.25, 0.3) is 0 Å². The maximum absolute atomic E-state index is 12.0. The van der Waals surface area contributed by atoms with E-state index in [-0.39, 0.29) is 6.03 Å². The molecule has 1 rings (SSSR count). The number of carbonyl (C=O) groups is 1. The fourth-order valence-corrected chi connectivity index (χ4v) is 2.30. The minimum atomic E-state index is -1.47. The van der Waals surface area contributed by atoms with E-state index in [1.807, 2.05) is 16.5 Å². The number of carbonyl (C=O) groups excluding carboxylic acids is 1. The molecule has 0 atom stereocenters. The highest BCUT2D eigenvalue weighted by Gasteiger charge is 2.28. The molecule has 0 saturated carbocycles. The van der Waals surface area contributed by atoms with Gasteiger partial charge in [-0.1, -0.05) is 19.6 Å². The Kier molecular flexibility index (Phi) is 3.58. The Bertz CT molecular complexity index is 207.